The summed E-state index contributed by atoms with van der Waals surface area (Å²) in [5.41, 5.74) is 0.705. The monoisotopic (exact) mass is 238 g/mol. The number of nitrogens with zero attached hydrogens (tertiary/aromatic N) is 1. The van der Waals surface area contributed by atoms with Gasteiger partial charge in [0.25, 0.3) is 0 Å². The number of nitrogens with two attached hydrogens (primary N) is 2. The van der Waals surface area contributed by atoms with Crippen molar-refractivity contribution in [2.45, 2.75) is 25.3 Å². The van der Waals surface area contributed by atoms with Gasteiger partial charge in [0.2, 0.25) is 5.91 Å². The Balaban J connectivity index is 0.000000686. The number of carbonyl (C=O) groups is 1. The fraction of sp³-hybridized carbons (Fsp3) is 0.545. The first kappa shape index (κ1) is 13.4. The molecule has 0 atom stereocenters. The predicted molar refractivity (Wildman–Crippen MR) is 64.1 cm³/mol. The van der Waals surface area contributed by atoms with Crippen molar-refractivity contribution < 1.29 is 9.59 Å². The molecule has 1 aliphatic carbocycles. The molecule has 1 heterocycles. The summed E-state index contributed by atoms with van der Waals surface area (Å²) in [6, 6.07) is 0.396. The van der Waals surface area contributed by atoms with E-state index in [0.717, 1.165) is 12.8 Å². The molecule has 0 bridgehead atoms. The summed E-state index contributed by atoms with van der Waals surface area (Å²) in [5.74, 6) is 9.94. The van der Waals surface area contributed by atoms with Gasteiger partial charge in [0.05, 0.1) is 6.54 Å². The third kappa shape index (κ3) is 4.82. The van der Waals surface area contributed by atoms with E-state index in [1.807, 2.05) is 23.1 Å². The standard InChI is InChI=1S/C11H14N2O2.H4N2/c14-8-9-2-1-5-13(6-9)7-11(15)12-10-3-4-10;1-2/h1,5,10H,2-4,6-7H2,(H,12,15);1-2H2. The van der Waals surface area contributed by atoms with E-state index in [1.54, 1.807) is 0 Å². The van der Waals surface area contributed by atoms with Crippen molar-refractivity contribution in [3.05, 3.63) is 17.8 Å². The van der Waals surface area contributed by atoms with Crippen LogP contribution in [-0.2, 0) is 9.59 Å². The topological polar surface area (TPSA) is 101 Å². The molecule has 2 aliphatic rings. The molecule has 17 heavy (non-hydrogen) atoms. The maximum atomic E-state index is 11.5. The van der Waals surface area contributed by atoms with Crippen molar-refractivity contribution in [1.82, 2.24) is 10.2 Å². The quantitative estimate of drug-likeness (QED) is 0.335. The van der Waals surface area contributed by atoms with Crippen LogP contribution in [0.5, 0.6) is 0 Å². The molecule has 0 aromatic rings. The van der Waals surface area contributed by atoms with Gasteiger partial charge in [0, 0.05) is 24.6 Å². The molecule has 1 aliphatic heterocycles. The van der Waals surface area contributed by atoms with Gasteiger partial charge in [-0.1, -0.05) is 6.08 Å². The SMILES string of the molecule is NN.O=C=C1CC=CN(CC(=O)NC2CC2)C1. The van der Waals surface area contributed by atoms with E-state index in [0.29, 0.717) is 31.1 Å². The fourth-order valence-electron chi connectivity index (χ4n) is 1.57. The Morgan fingerprint density at radius 1 is 1.53 bits per heavy atom. The summed E-state index contributed by atoms with van der Waals surface area (Å²) in [6.07, 6.45) is 6.60. The van der Waals surface area contributed by atoms with E-state index in [-0.39, 0.29) is 5.91 Å². The number of nitrogens with one attached hydrogen (secondary N) is 1. The second kappa shape index (κ2) is 6.85. The molecule has 6 heteroatoms. The molecule has 0 aromatic heterocycles. The van der Waals surface area contributed by atoms with E-state index in [4.69, 9.17) is 0 Å². The highest BCUT2D eigenvalue weighted by Crippen LogP contribution is 2.18. The van der Waals surface area contributed by atoms with Gasteiger partial charge in [-0.15, -0.1) is 0 Å². The van der Waals surface area contributed by atoms with Crippen LogP contribution in [0.3, 0.4) is 0 Å². The first-order valence-corrected chi connectivity index (χ1v) is 5.54. The van der Waals surface area contributed by atoms with E-state index in [1.165, 1.54) is 0 Å². The second-order valence-corrected chi connectivity index (χ2v) is 4.04. The van der Waals surface area contributed by atoms with Gasteiger partial charge >= 0.3 is 0 Å². The second-order valence-electron chi connectivity index (χ2n) is 4.04. The largest absolute Gasteiger partial charge is 0.364 e. The van der Waals surface area contributed by atoms with Crippen LogP contribution < -0.4 is 17.0 Å². The first-order valence-electron chi connectivity index (χ1n) is 5.54. The Morgan fingerprint density at radius 2 is 2.24 bits per heavy atom. The van der Waals surface area contributed by atoms with E-state index in [9.17, 15) is 9.59 Å². The zero-order valence-corrected chi connectivity index (χ0v) is 9.69. The Morgan fingerprint density at radius 3 is 2.82 bits per heavy atom. The highest BCUT2D eigenvalue weighted by atomic mass is 16.2. The van der Waals surface area contributed by atoms with Gasteiger partial charge < -0.3 is 10.2 Å². The molecule has 1 amide bonds. The predicted octanol–water partition coefficient (Wildman–Crippen LogP) is -0.939. The molecule has 94 valence electrons. The maximum Gasteiger partial charge on any atom is 0.239 e. The molecule has 0 radical (unpaired) electrons. The molecular formula is C11H18N4O2. The molecule has 1 saturated carbocycles. The van der Waals surface area contributed by atoms with Crippen LogP contribution in [0.15, 0.2) is 17.8 Å². The van der Waals surface area contributed by atoms with Crippen LogP contribution in [0.4, 0.5) is 0 Å². The summed E-state index contributed by atoms with van der Waals surface area (Å²) >= 11 is 0. The molecule has 0 spiro atoms. The highest BCUT2D eigenvalue weighted by Gasteiger charge is 2.24. The number of hydrogen-bond acceptors (Lipinski definition) is 5. The van der Waals surface area contributed by atoms with E-state index >= 15 is 0 Å². The number of rotatable bonds is 3. The third-order valence-electron chi connectivity index (χ3n) is 2.51. The molecule has 5 N–H and O–H groups in total. The van der Waals surface area contributed by atoms with E-state index in [2.05, 4.69) is 17.0 Å². The van der Waals surface area contributed by atoms with Gasteiger partial charge in [-0.05, 0) is 19.0 Å². The lowest BCUT2D eigenvalue weighted by Crippen LogP contribution is -2.37. The Kier molecular flexibility index (Phi) is 5.42. The summed E-state index contributed by atoms with van der Waals surface area (Å²) in [6.45, 7) is 0.857. The van der Waals surface area contributed by atoms with Crippen LogP contribution >= 0.6 is 0 Å². The maximum absolute atomic E-state index is 11.5. The Hall–Kier alpha value is -1.62. The van der Waals surface area contributed by atoms with Gasteiger partial charge in [-0.25, -0.2) is 4.79 Å². The van der Waals surface area contributed by atoms with Crippen molar-refractivity contribution in [1.29, 1.82) is 0 Å². The first-order chi connectivity index (χ1) is 8.28. The number of carbonyl (C=O) groups excluding carboxylic acids is 2. The minimum absolute atomic E-state index is 0.0364. The van der Waals surface area contributed by atoms with Gasteiger partial charge in [-0.3, -0.25) is 16.5 Å². The average Bonchev–Trinajstić information content (AvgIpc) is 3.15. The normalized spacial score (nSPS) is 18.0. The van der Waals surface area contributed by atoms with Gasteiger partial charge in [0.15, 0.2) is 0 Å². The molecule has 2 rings (SSSR count). The molecule has 0 aromatic carbocycles. The highest BCUT2D eigenvalue weighted by molar-refractivity contribution is 5.79. The smallest absolute Gasteiger partial charge is 0.239 e. The molecule has 0 unspecified atom stereocenters. The third-order valence-corrected chi connectivity index (χ3v) is 2.51. The van der Waals surface area contributed by atoms with Gasteiger partial charge in [-0.2, -0.15) is 0 Å². The van der Waals surface area contributed by atoms with Crippen LogP contribution in [-0.4, -0.2) is 35.9 Å². The fourth-order valence-corrected chi connectivity index (χ4v) is 1.57. The minimum atomic E-state index is 0.0364. The van der Waals surface area contributed by atoms with E-state index < -0.39 is 0 Å². The lowest BCUT2D eigenvalue weighted by Gasteiger charge is -2.22. The van der Waals surface area contributed by atoms with Crippen LogP contribution in [0.25, 0.3) is 0 Å². The van der Waals surface area contributed by atoms with Crippen LogP contribution in [0, 0.1) is 0 Å². The number of hydrogen-bond donors (Lipinski definition) is 3. The Bertz CT molecular complexity index is 343. The molecule has 0 saturated heterocycles. The summed E-state index contributed by atoms with van der Waals surface area (Å²) < 4.78 is 0. The number of hydrazine groups is 1. The lowest BCUT2D eigenvalue weighted by molar-refractivity contribution is -0.121. The molecule has 6 nitrogen and oxygen atoms in total. The van der Waals surface area contributed by atoms with Crippen molar-refractivity contribution in [3.63, 3.8) is 0 Å². The zero-order valence-electron chi connectivity index (χ0n) is 9.69. The number of allylic oxidation sites excluding steroid dienone is 1. The molecule has 1 fully saturated rings. The van der Waals surface area contributed by atoms with Crippen LogP contribution in [0.2, 0.25) is 0 Å². The van der Waals surface area contributed by atoms with Crippen LogP contribution in [0.1, 0.15) is 19.3 Å². The summed E-state index contributed by atoms with van der Waals surface area (Å²) in [5, 5.41) is 2.91. The van der Waals surface area contributed by atoms with Crippen molar-refractivity contribution in [2.75, 3.05) is 13.1 Å². The van der Waals surface area contributed by atoms with Crippen molar-refractivity contribution >= 4 is 11.8 Å². The van der Waals surface area contributed by atoms with Crippen molar-refractivity contribution in [2.24, 2.45) is 11.7 Å². The van der Waals surface area contributed by atoms with Gasteiger partial charge in [0.1, 0.15) is 5.94 Å². The number of amides is 1. The minimum Gasteiger partial charge on any atom is -0.364 e. The lowest BCUT2D eigenvalue weighted by atomic mass is 10.1. The molecular weight excluding hydrogens is 220 g/mol. The summed E-state index contributed by atoms with van der Waals surface area (Å²) in [4.78, 5) is 23.8. The summed E-state index contributed by atoms with van der Waals surface area (Å²) in [7, 11) is 0. The average molecular weight is 238 g/mol. The van der Waals surface area contributed by atoms with Crippen molar-refractivity contribution in [3.8, 4) is 0 Å². The Labute approximate surface area is 100 Å². The zero-order chi connectivity index (χ0) is 12.7.